The number of aromatic nitrogens is 2. The van der Waals surface area contributed by atoms with E-state index >= 15 is 0 Å². The number of phenols is 1. The van der Waals surface area contributed by atoms with Crippen molar-refractivity contribution in [1.29, 1.82) is 0 Å². The number of nitrogens with zero attached hydrogens (tertiary/aromatic N) is 4. The number of hydrogen-bond acceptors (Lipinski definition) is 6. The summed E-state index contributed by atoms with van der Waals surface area (Å²) in [7, 11) is 0. The first-order valence-corrected chi connectivity index (χ1v) is 11.2. The SMILES string of the molecule is O=C1N(Cc2ccccc2)C(=O)C2(CC2)N1Cc1nnc(-c2ccc(Cl)c(O)c2Cl)s1. The van der Waals surface area contributed by atoms with Crippen molar-refractivity contribution in [3.05, 3.63) is 63.1 Å². The minimum atomic E-state index is -0.770. The average Bonchev–Trinajstić information content (AvgIpc) is 3.41. The van der Waals surface area contributed by atoms with Crippen molar-refractivity contribution in [2.75, 3.05) is 0 Å². The normalized spacial score (nSPS) is 17.1. The molecule has 2 aromatic carbocycles. The lowest BCUT2D eigenvalue weighted by Gasteiger charge is -2.19. The molecule has 3 amide bonds. The van der Waals surface area contributed by atoms with Crippen LogP contribution in [0.25, 0.3) is 10.6 Å². The van der Waals surface area contributed by atoms with Crippen LogP contribution in [0.5, 0.6) is 5.75 Å². The van der Waals surface area contributed by atoms with Crippen molar-refractivity contribution in [1.82, 2.24) is 20.0 Å². The molecule has 1 aromatic heterocycles. The molecule has 7 nitrogen and oxygen atoms in total. The van der Waals surface area contributed by atoms with Gasteiger partial charge in [0.2, 0.25) is 0 Å². The van der Waals surface area contributed by atoms with E-state index in [1.807, 2.05) is 30.3 Å². The van der Waals surface area contributed by atoms with Crippen molar-refractivity contribution >= 4 is 46.5 Å². The quantitative estimate of drug-likeness (QED) is 0.540. The molecule has 10 heteroatoms. The Balaban J connectivity index is 1.39. The van der Waals surface area contributed by atoms with E-state index in [0.717, 1.165) is 5.56 Å². The minimum absolute atomic E-state index is 0.0929. The van der Waals surface area contributed by atoms with Gasteiger partial charge in [-0.15, -0.1) is 10.2 Å². The first-order valence-electron chi connectivity index (χ1n) is 9.58. The van der Waals surface area contributed by atoms with Crippen LogP contribution >= 0.6 is 34.5 Å². The van der Waals surface area contributed by atoms with Crippen LogP contribution in [0.4, 0.5) is 4.79 Å². The highest BCUT2D eigenvalue weighted by Crippen LogP contribution is 2.49. The van der Waals surface area contributed by atoms with E-state index in [2.05, 4.69) is 10.2 Å². The highest BCUT2D eigenvalue weighted by Gasteiger charge is 2.64. The maximum atomic E-state index is 13.1. The number of phenolic OH excluding ortho intramolecular Hbond substituents is 1. The predicted octanol–water partition coefficient (Wildman–Crippen LogP) is 4.71. The number of imide groups is 1. The topological polar surface area (TPSA) is 86.6 Å². The summed E-state index contributed by atoms with van der Waals surface area (Å²) in [6, 6.07) is 12.3. The highest BCUT2D eigenvalue weighted by molar-refractivity contribution is 7.14. The van der Waals surface area contributed by atoms with Gasteiger partial charge in [0.15, 0.2) is 5.75 Å². The van der Waals surface area contributed by atoms with Crippen LogP contribution in [0.1, 0.15) is 23.4 Å². The molecule has 2 aliphatic rings. The Bertz CT molecular complexity index is 1200. The minimum Gasteiger partial charge on any atom is -0.505 e. The van der Waals surface area contributed by atoms with Gasteiger partial charge in [-0.2, -0.15) is 0 Å². The van der Waals surface area contributed by atoms with Crippen molar-refractivity contribution in [3.63, 3.8) is 0 Å². The number of urea groups is 1. The summed E-state index contributed by atoms with van der Waals surface area (Å²) >= 11 is 13.3. The number of carbonyl (C=O) groups excluding carboxylic acids is 2. The summed E-state index contributed by atoms with van der Waals surface area (Å²) in [4.78, 5) is 29.0. The molecular weight excluding hydrogens is 459 g/mol. The summed E-state index contributed by atoms with van der Waals surface area (Å²) < 4.78 is 0. The lowest BCUT2D eigenvalue weighted by molar-refractivity contribution is -0.129. The first-order chi connectivity index (χ1) is 14.9. The van der Waals surface area contributed by atoms with Gasteiger partial charge in [-0.1, -0.05) is 64.9 Å². The van der Waals surface area contributed by atoms with Gasteiger partial charge in [0.1, 0.15) is 15.6 Å². The molecule has 5 rings (SSSR count). The number of carbonyl (C=O) groups is 2. The summed E-state index contributed by atoms with van der Waals surface area (Å²) in [6.45, 7) is 0.433. The fraction of sp³-hybridized carbons (Fsp3) is 0.238. The third-order valence-corrected chi connectivity index (χ3v) is 7.22. The summed E-state index contributed by atoms with van der Waals surface area (Å²) in [5.74, 6) is -0.372. The summed E-state index contributed by atoms with van der Waals surface area (Å²) in [5, 5.41) is 19.6. The van der Waals surface area contributed by atoms with Crippen LogP contribution in [0.3, 0.4) is 0 Å². The molecule has 31 heavy (non-hydrogen) atoms. The first kappa shape index (κ1) is 20.2. The van der Waals surface area contributed by atoms with Gasteiger partial charge in [0.05, 0.1) is 23.1 Å². The van der Waals surface area contributed by atoms with Gasteiger partial charge in [-0.05, 0) is 30.5 Å². The van der Waals surface area contributed by atoms with Gasteiger partial charge in [-0.25, -0.2) is 4.79 Å². The molecule has 1 saturated heterocycles. The molecular formula is C21H16Cl2N4O3S. The van der Waals surface area contributed by atoms with E-state index in [-0.39, 0.29) is 40.8 Å². The Hall–Kier alpha value is -2.68. The third-order valence-electron chi connectivity index (χ3n) is 5.59. The Morgan fingerprint density at radius 3 is 2.48 bits per heavy atom. The maximum Gasteiger partial charge on any atom is 0.328 e. The molecule has 158 valence electrons. The van der Waals surface area contributed by atoms with Gasteiger partial charge in [0, 0.05) is 5.56 Å². The second-order valence-corrected chi connectivity index (χ2v) is 9.38. The largest absolute Gasteiger partial charge is 0.505 e. The number of rotatable bonds is 5. The zero-order valence-corrected chi connectivity index (χ0v) is 18.4. The molecule has 3 aromatic rings. The van der Waals surface area contributed by atoms with E-state index in [0.29, 0.717) is 28.4 Å². The number of halogens is 2. The fourth-order valence-corrected chi connectivity index (χ4v) is 5.15. The van der Waals surface area contributed by atoms with Crippen LogP contribution in [-0.4, -0.2) is 42.6 Å². The molecule has 0 unspecified atom stereocenters. The van der Waals surface area contributed by atoms with Crippen LogP contribution < -0.4 is 0 Å². The maximum absolute atomic E-state index is 13.1. The van der Waals surface area contributed by atoms with Crippen LogP contribution in [0.15, 0.2) is 42.5 Å². The Labute approximate surface area is 191 Å². The Morgan fingerprint density at radius 2 is 1.77 bits per heavy atom. The number of amides is 3. The van der Waals surface area contributed by atoms with E-state index in [4.69, 9.17) is 23.2 Å². The van der Waals surface area contributed by atoms with Gasteiger partial charge in [-0.3, -0.25) is 9.69 Å². The van der Waals surface area contributed by atoms with E-state index in [1.165, 1.54) is 22.3 Å². The molecule has 2 heterocycles. The fourth-order valence-electron chi connectivity index (χ4n) is 3.78. The Morgan fingerprint density at radius 1 is 1.03 bits per heavy atom. The molecule has 0 bridgehead atoms. The number of hydrogen-bond donors (Lipinski definition) is 1. The third kappa shape index (κ3) is 3.35. The molecule has 2 fully saturated rings. The zero-order chi connectivity index (χ0) is 21.8. The highest BCUT2D eigenvalue weighted by atomic mass is 35.5. The van der Waals surface area contributed by atoms with Crippen molar-refractivity contribution in [2.45, 2.75) is 31.5 Å². The lowest BCUT2D eigenvalue weighted by Crippen LogP contribution is -2.36. The van der Waals surface area contributed by atoms with E-state index in [9.17, 15) is 14.7 Å². The van der Waals surface area contributed by atoms with Gasteiger partial charge in [0.25, 0.3) is 5.91 Å². The smallest absolute Gasteiger partial charge is 0.328 e. The molecule has 1 N–H and O–H groups in total. The lowest BCUT2D eigenvalue weighted by atomic mass is 10.2. The predicted molar refractivity (Wildman–Crippen MR) is 117 cm³/mol. The molecule has 1 saturated carbocycles. The Kier molecular flexibility index (Phi) is 4.88. The molecule has 1 spiro atoms. The van der Waals surface area contributed by atoms with Crippen LogP contribution in [0.2, 0.25) is 10.0 Å². The van der Waals surface area contributed by atoms with Crippen LogP contribution in [0, 0.1) is 0 Å². The molecule has 1 aliphatic carbocycles. The van der Waals surface area contributed by atoms with Crippen LogP contribution in [-0.2, 0) is 17.9 Å². The number of aromatic hydroxyl groups is 1. The standard InChI is InChI=1S/C21H16Cl2N4O3S/c22-14-7-6-13(16(23)17(14)28)18-25-24-15(31-18)11-27-20(30)26(19(29)21(27)8-9-21)10-12-4-2-1-3-5-12/h1-7,28H,8-11H2. The second-order valence-electron chi connectivity index (χ2n) is 7.54. The van der Waals surface area contributed by atoms with E-state index in [1.54, 1.807) is 11.0 Å². The number of benzene rings is 2. The summed E-state index contributed by atoms with van der Waals surface area (Å²) in [6.07, 6.45) is 1.29. The van der Waals surface area contributed by atoms with E-state index < -0.39 is 5.54 Å². The average molecular weight is 475 g/mol. The van der Waals surface area contributed by atoms with Crippen molar-refractivity contribution in [2.24, 2.45) is 0 Å². The summed E-state index contributed by atoms with van der Waals surface area (Å²) in [5.41, 5.74) is 0.633. The molecule has 1 aliphatic heterocycles. The molecule has 0 radical (unpaired) electrons. The second kappa shape index (κ2) is 7.47. The van der Waals surface area contributed by atoms with Gasteiger partial charge < -0.3 is 10.0 Å². The van der Waals surface area contributed by atoms with Crippen molar-refractivity contribution < 1.29 is 14.7 Å². The zero-order valence-electron chi connectivity index (χ0n) is 16.1. The molecule has 0 atom stereocenters. The van der Waals surface area contributed by atoms with Crippen molar-refractivity contribution in [3.8, 4) is 16.3 Å². The monoisotopic (exact) mass is 474 g/mol. The van der Waals surface area contributed by atoms with Gasteiger partial charge >= 0.3 is 6.03 Å².